The molecule has 1 heterocycles. The summed E-state index contributed by atoms with van der Waals surface area (Å²) in [5.74, 6) is 0.207. The Hall–Kier alpha value is -1.75. The van der Waals surface area contributed by atoms with Crippen LogP contribution in [0.5, 0.6) is 0 Å². The Balaban J connectivity index is 2.74. The van der Waals surface area contributed by atoms with Crippen LogP contribution >= 0.6 is 23.2 Å². The molecule has 0 spiro atoms. The molecule has 112 valence electrons. The minimum Gasteiger partial charge on any atom is -0.386 e. The van der Waals surface area contributed by atoms with E-state index in [9.17, 15) is 8.42 Å². The molecule has 21 heavy (non-hydrogen) atoms. The third kappa shape index (κ3) is 3.47. The molecule has 0 fully saturated rings. The zero-order valence-electron chi connectivity index (χ0n) is 10.3. The lowest BCUT2D eigenvalue weighted by Crippen LogP contribution is -2.14. The summed E-state index contributed by atoms with van der Waals surface area (Å²) >= 11 is 11.5. The number of nitrogens with one attached hydrogen (secondary N) is 1. The molecule has 0 atom stereocenters. The standard InChI is InChI=1S/C9H9Cl2N7O2S/c10-3-8(12)14-6-2-5(11)7(21(13,19)20)1-4(6)9-15-17-18-16-9/h1-2H,3H2,(H2,12,14)(H2,13,19,20)(H,15,16,17,18). The van der Waals surface area contributed by atoms with E-state index in [0.717, 1.165) is 0 Å². The number of aromatic amines is 1. The average molecular weight is 350 g/mol. The van der Waals surface area contributed by atoms with Gasteiger partial charge in [-0.2, -0.15) is 5.21 Å². The van der Waals surface area contributed by atoms with Crippen LogP contribution in [0.2, 0.25) is 5.02 Å². The maximum atomic E-state index is 11.5. The number of hydrogen-bond donors (Lipinski definition) is 3. The van der Waals surface area contributed by atoms with Crippen molar-refractivity contribution in [2.24, 2.45) is 15.9 Å². The number of aromatic nitrogens is 4. The van der Waals surface area contributed by atoms with E-state index < -0.39 is 10.0 Å². The molecule has 0 unspecified atom stereocenters. The fourth-order valence-electron chi connectivity index (χ4n) is 1.49. The van der Waals surface area contributed by atoms with Crippen LogP contribution in [0.3, 0.4) is 0 Å². The van der Waals surface area contributed by atoms with Crippen molar-refractivity contribution in [3.05, 3.63) is 17.2 Å². The first-order valence-electron chi connectivity index (χ1n) is 5.32. The minimum atomic E-state index is -4.02. The number of aliphatic imine (C=N–C) groups is 1. The Kier molecular flexibility index (Phi) is 4.42. The molecule has 0 saturated carbocycles. The number of benzene rings is 1. The summed E-state index contributed by atoms with van der Waals surface area (Å²) in [5, 5.41) is 18.2. The quantitative estimate of drug-likeness (QED) is 0.412. The monoisotopic (exact) mass is 349 g/mol. The van der Waals surface area contributed by atoms with Crippen LogP contribution in [-0.2, 0) is 10.0 Å². The molecule has 2 aromatic rings. The summed E-state index contributed by atoms with van der Waals surface area (Å²) in [6, 6.07) is 2.48. The maximum Gasteiger partial charge on any atom is 0.239 e. The molecular formula is C9H9Cl2N7O2S. The second kappa shape index (κ2) is 5.93. The number of rotatable bonds is 4. The first-order chi connectivity index (χ1) is 9.82. The van der Waals surface area contributed by atoms with Gasteiger partial charge in [-0.3, -0.25) is 0 Å². The predicted molar refractivity (Wildman–Crippen MR) is 78.0 cm³/mol. The Morgan fingerprint density at radius 1 is 1.43 bits per heavy atom. The van der Waals surface area contributed by atoms with Crippen LogP contribution in [0.1, 0.15) is 0 Å². The van der Waals surface area contributed by atoms with E-state index in [2.05, 4.69) is 25.6 Å². The Bertz CT molecular complexity index is 789. The smallest absolute Gasteiger partial charge is 0.239 e. The van der Waals surface area contributed by atoms with Crippen LogP contribution in [-0.4, -0.2) is 40.8 Å². The fourth-order valence-corrected chi connectivity index (χ4v) is 2.65. The van der Waals surface area contributed by atoms with E-state index in [1.54, 1.807) is 0 Å². The third-order valence-corrected chi connectivity index (χ3v) is 3.99. The molecule has 1 aromatic heterocycles. The van der Waals surface area contributed by atoms with Crippen molar-refractivity contribution in [1.29, 1.82) is 0 Å². The summed E-state index contributed by atoms with van der Waals surface area (Å²) in [6.07, 6.45) is 0. The van der Waals surface area contributed by atoms with Gasteiger partial charge in [-0.25, -0.2) is 18.5 Å². The van der Waals surface area contributed by atoms with E-state index >= 15 is 0 Å². The lowest BCUT2D eigenvalue weighted by atomic mass is 10.1. The molecule has 5 N–H and O–H groups in total. The van der Waals surface area contributed by atoms with Gasteiger partial charge in [0.1, 0.15) is 10.7 Å². The average Bonchev–Trinajstić information content (AvgIpc) is 2.91. The van der Waals surface area contributed by atoms with Crippen molar-refractivity contribution >= 4 is 44.7 Å². The van der Waals surface area contributed by atoms with Crippen LogP contribution in [0.25, 0.3) is 11.4 Å². The lowest BCUT2D eigenvalue weighted by molar-refractivity contribution is 0.598. The Morgan fingerprint density at radius 3 is 2.67 bits per heavy atom. The van der Waals surface area contributed by atoms with Crippen molar-refractivity contribution in [1.82, 2.24) is 20.6 Å². The number of hydrogen-bond acceptors (Lipinski definition) is 6. The van der Waals surface area contributed by atoms with Gasteiger partial charge in [-0.1, -0.05) is 11.6 Å². The molecule has 0 radical (unpaired) electrons. The van der Waals surface area contributed by atoms with Gasteiger partial charge in [0.15, 0.2) is 0 Å². The highest BCUT2D eigenvalue weighted by atomic mass is 35.5. The maximum absolute atomic E-state index is 11.5. The van der Waals surface area contributed by atoms with Crippen molar-refractivity contribution in [2.45, 2.75) is 4.90 Å². The second-order valence-corrected chi connectivity index (χ2v) is 6.02. The number of tetrazole rings is 1. The molecule has 0 aliphatic carbocycles. The highest BCUT2D eigenvalue weighted by Crippen LogP contribution is 2.34. The van der Waals surface area contributed by atoms with E-state index in [1.807, 2.05) is 0 Å². The van der Waals surface area contributed by atoms with Crippen LogP contribution in [0.15, 0.2) is 22.0 Å². The number of nitrogens with two attached hydrogens (primary N) is 2. The molecule has 0 aliphatic heterocycles. The number of H-pyrrole nitrogens is 1. The summed E-state index contributed by atoms with van der Waals surface area (Å²) in [7, 11) is -4.02. The zero-order chi connectivity index (χ0) is 15.6. The van der Waals surface area contributed by atoms with E-state index in [4.69, 9.17) is 34.1 Å². The minimum absolute atomic E-state index is 0.0136. The molecule has 0 bridgehead atoms. The molecule has 0 saturated heterocycles. The van der Waals surface area contributed by atoms with Crippen LogP contribution in [0, 0.1) is 0 Å². The summed E-state index contributed by atoms with van der Waals surface area (Å²) in [5.41, 5.74) is 6.05. The topological polar surface area (TPSA) is 153 Å². The molecule has 0 amide bonds. The summed E-state index contributed by atoms with van der Waals surface area (Å²) < 4.78 is 23.0. The third-order valence-electron chi connectivity index (χ3n) is 2.34. The van der Waals surface area contributed by atoms with Gasteiger partial charge in [0, 0.05) is 0 Å². The summed E-state index contributed by atoms with van der Waals surface area (Å²) in [4.78, 5) is 3.75. The molecule has 9 nitrogen and oxygen atoms in total. The van der Waals surface area contributed by atoms with Gasteiger partial charge in [0.25, 0.3) is 0 Å². The van der Waals surface area contributed by atoms with E-state index in [0.29, 0.717) is 0 Å². The zero-order valence-corrected chi connectivity index (χ0v) is 12.6. The lowest BCUT2D eigenvalue weighted by Gasteiger charge is -2.08. The van der Waals surface area contributed by atoms with Crippen LogP contribution in [0.4, 0.5) is 5.69 Å². The van der Waals surface area contributed by atoms with Gasteiger partial charge in [-0.15, -0.1) is 21.8 Å². The van der Waals surface area contributed by atoms with Gasteiger partial charge >= 0.3 is 0 Å². The van der Waals surface area contributed by atoms with Crippen molar-refractivity contribution in [2.75, 3.05) is 5.88 Å². The predicted octanol–water partition coefficient (Wildman–Crippen LogP) is 0.395. The number of halogens is 2. The Morgan fingerprint density at radius 2 is 2.14 bits per heavy atom. The largest absolute Gasteiger partial charge is 0.386 e. The van der Waals surface area contributed by atoms with Gasteiger partial charge in [-0.05, 0) is 17.3 Å². The highest BCUT2D eigenvalue weighted by Gasteiger charge is 2.19. The second-order valence-electron chi connectivity index (χ2n) is 3.82. The SMILES string of the molecule is NC(CCl)=Nc1cc(Cl)c(S(N)(=O)=O)cc1-c1nn[nH]n1. The van der Waals surface area contributed by atoms with Crippen molar-refractivity contribution < 1.29 is 8.42 Å². The molecule has 0 aliphatic rings. The number of amidine groups is 1. The van der Waals surface area contributed by atoms with E-state index in [-0.39, 0.29) is 38.7 Å². The van der Waals surface area contributed by atoms with E-state index in [1.165, 1.54) is 12.1 Å². The summed E-state index contributed by atoms with van der Waals surface area (Å²) in [6.45, 7) is 0. The first kappa shape index (κ1) is 15.6. The molecular weight excluding hydrogens is 341 g/mol. The number of nitrogens with zero attached hydrogens (tertiary/aromatic N) is 4. The highest BCUT2D eigenvalue weighted by molar-refractivity contribution is 7.89. The fraction of sp³-hybridized carbons (Fsp3) is 0.111. The van der Waals surface area contributed by atoms with Gasteiger partial charge in [0.2, 0.25) is 15.8 Å². The molecule has 1 aromatic carbocycles. The van der Waals surface area contributed by atoms with Gasteiger partial charge in [0.05, 0.1) is 22.2 Å². The molecule has 2 rings (SSSR count). The van der Waals surface area contributed by atoms with Crippen molar-refractivity contribution in [3.8, 4) is 11.4 Å². The van der Waals surface area contributed by atoms with Crippen molar-refractivity contribution in [3.63, 3.8) is 0 Å². The number of alkyl halides is 1. The Labute approximate surface area is 129 Å². The number of sulfonamides is 1. The van der Waals surface area contributed by atoms with Crippen LogP contribution < -0.4 is 10.9 Å². The molecule has 12 heteroatoms. The number of primary sulfonamides is 1. The first-order valence-corrected chi connectivity index (χ1v) is 7.78. The normalized spacial score (nSPS) is 12.6. The van der Waals surface area contributed by atoms with Gasteiger partial charge < -0.3 is 5.73 Å².